The van der Waals surface area contributed by atoms with E-state index in [4.69, 9.17) is 4.74 Å². The molecule has 0 aromatic heterocycles. The molecule has 0 bridgehead atoms. The van der Waals surface area contributed by atoms with Crippen molar-refractivity contribution in [1.82, 2.24) is 10.2 Å². The number of rotatable bonds is 9. The smallest absolute Gasteiger partial charge is 0.307 e. The molecule has 212 valence electrons. The van der Waals surface area contributed by atoms with Gasteiger partial charge < -0.3 is 30.7 Å². The Morgan fingerprint density at radius 3 is 2.39 bits per heavy atom. The first-order valence-electron chi connectivity index (χ1n) is 12.9. The topological polar surface area (TPSA) is 154 Å². The number of carbonyl (C=O) groups excluding carboxylic acids is 5. The molecule has 0 radical (unpaired) electrons. The van der Waals surface area contributed by atoms with E-state index in [0.29, 0.717) is 16.8 Å². The Morgan fingerprint density at radius 1 is 1.02 bits per heavy atom. The Labute approximate surface area is 236 Å². The van der Waals surface area contributed by atoms with E-state index in [9.17, 15) is 29.1 Å². The lowest BCUT2D eigenvalue weighted by molar-refractivity contribution is -0.141. The quantitative estimate of drug-likeness (QED) is 0.295. The molecule has 0 saturated heterocycles. The zero-order chi connectivity index (χ0) is 29.5. The van der Waals surface area contributed by atoms with E-state index >= 15 is 0 Å². The summed E-state index contributed by atoms with van der Waals surface area (Å²) in [7, 11) is 1.25. The van der Waals surface area contributed by atoms with Gasteiger partial charge in [-0.2, -0.15) is 0 Å². The maximum Gasteiger partial charge on any atom is 0.307 e. The molecule has 0 spiro atoms. The molecule has 4 rings (SSSR count). The lowest BCUT2D eigenvalue weighted by Gasteiger charge is -2.29. The van der Waals surface area contributed by atoms with Crippen LogP contribution in [0.4, 0.5) is 11.4 Å². The van der Waals surface area contributed by atoms with Gasteiger partial charge in [-0.15, -0.1) is 0 Å². The third-order valence-corrected chi connectivity index (χ3v) is 6.58. The summed E-state index contributed by atoms with van der Waals surface area (Å²) in [5, 5.41) is 17.9. The summed E-state index contributed by atoms with van der Waals surface area (Å²) >= 11 is 0. The van der Waals surface area contributed by atoms with Gasteiger partial charge in [0.2, 0.25) is 17.7 Å². The zero-order valence-corrected chi connectivity index (χ0v) is 22.5. The molecule has 1 aliphatic rings. The minimum absolute atomic E-state index is 0.0434. The number of ether oxygens (including phenoxy) is 1. The average Bonchev–Trinajstić information content (AvgIpc) is 3.04. The number of carbonyl (C=O) groups is 5. The predicted octanol–water partition coefficient (Wildman–Crippen LogP) is 2.78. The van der Waals surface area contributed by atoms with Crippen LogP contribution in [-0.4, -0.2) is 59.3 Å². The van der Waals surface area contributed by atoms with Crippen LogP contribution in [0.15, 0.2) is 72.8 Å². The molecule has 0 unspecified atom stereocenters. The SMILES string of the molecule is COC(=O)C[C@@H](NC(=O)CN1C(=O)c2cc(NC(C)=O)ccc2NC(=O)[C@@H]1Cc1ccc(O)cc1)c1ccccc1. The van der Waals surface area contributed by atoms with Gasteiger partial charge in [0, 0.05) is 19.0 Å². The van der Waals surface area contributed by atoms with E-state index in [1.807, 2.05) is 0 Å². The molecule has 1 heterocycles. The van der Waals surface area contributed by atoms with E-state index in [-0.39, 0.29) is 35.7 Å². The molecule has 0 aliphatic carbocycles. The average molecular weight is 559 g/mol. The van der Waals surface area contributed by atoms with Crippen molar-refractivity contribution in [3.05, 3.63) is 89.5 Å². The summed E-state index contributed by atoms with van der Waals surface area (Å²) in [6, 6.07) is 17.7. The molecule has 11 heteroatoms. The van der Waals surface area contributed by atoms with Crippen LogP contribution in [0, 0.1) is 0 Å². The molecule has 41 heavy (non-hydrogen) atoms. The summed E-state index contributed by atoms with van der Waals surface area (Å²) in [6.07, 6.45) is -0.0809. The number of nitrogens with one attached hydrogen (secondary N) is 3. The third-order valence-electron chi connectivity index (χ3n) is 6.58. The Kier molecular flexibility index (Phi) is 8.98. The molecule has 0 fully saturated rings. The first-order valence-corrected chi connectivity index (χ1v) is 12.9. The van der Waals surface area contributed by atoms with E-state index < -0.39 is 42.3 Å². The van der Waals surface area contributed by atoms with Gasteiger partial charge in [-0.1, -0.05) is 42.5 Å². The van der Waals surface area contributed by atoms with E-state index in [2.05, 4.69) is 16.0 Å². The van der Waals surface area contributed by atoms with Crippen LogP contribution in [0.3, 0.4) is 0 Å². The van der Waals surface area contributed by atoms with Crippen LogP contribution in [-0.2, 0) is 30.3 Å². The fourth-order valence-electron chi connectivity index (χ4n) is 4.59. The molecule has 3 aromatic carbocycles. The van der Waals surface area contributed by atoms with Crippen molar-refractivity contribution in [2.45, 2.75) is 31.8 Å². The van der Waals surface area contributed by atoms with Crippen LogP contribution in [0.25, 0.3) is 0 Å². The van der Waals surface area contributed by atoms with Crippen molar-refractivity contribution in [2.24, 2.45) is 0 Å². The maximum atomic E-state index is 13.9. The highest BCUT2D eigenvalue weighted by atomic mass is 16.5. The molecule has 2 atom stereocenters. The van der Waals surface area contributed by atoms with Gasteiger partial charge in [-0.25, -0.2) is 0 Å². The summed E-state index contributed by atoms with van der Waals surface area (Å²) in [4.78, 5) is 65.7. The second-order valence-corrected chi connectivity index (χ2v) is 9.56. The largest absolute Gasteiger partial charge is 0.508 e. The number of fused-ring (bicyclic) bond motifs is 1. The second kappa shape index (κ2) is 12.8. The van der Waals surface area contributed by atoms with Crippen molar-refractivity contribution in [1.29, 1.82) is 0 Å². The predicted molar refractivity (Wildman–Crippen MR) is 150 cm³/mol. The fourth-order valence-corrected chi connectivity index (χ4v) is 4.59. The van der Waals surface area contributed by atoms with Crippen LogP contribution in [0.2, 0.25) is 0 Å². The molecule has 0 saturated carbocycles. The van der Waals surface area contributed by atoms with Crippen molar-refractivity contribution in [3.8, 4) is 5.75 Å². The number of phenolic OH excluding ortho intramolecular Hbond substituents is 1. The highest BCUT2D eigenvalue weighted by Crippen LogP contribution is 2.28. The Morgan fingerprint density at radius 2 is 1.73 bits per heavy atom. The number of hydrogen-bond acceptors (Lipinski definition) is 7. The van der Waals surface area contributed by atoms with Gasteiger partial charge in [0.15, 0.2) is 0 Å². The van der Waals surface area contributed by atoms with Gasteiger partial charge in [-0.3, -0.25) is 24.0 Å². The number of nitrogens with zero attached hydrogens (tertiary/aromatic N) is 1. The van der Waals surface area contributed by atoms with Crippen molar-refractivity contribution in [2.75, 3.05) is 24.3 Å². The highest BCUT2D eigenvalue weighted by molar-refractivity contribution is 6.11. The number of aromatic hydroxyl groups is 1. The van der Waals surface area contributed by atoms with Gasteiger partial charge in [0.05, 0.1) is 30.8 Å². The van der Waals surface area contributed by atoms with Crippen LogP contribution < -0.4 is 16.0 Å². The van der Waals surface area contributed by atoms with Gasteiger partial charge >= 0.3 is 5.97 Å². The Hall–Kier alpha value is -5.19. The Balaban J connectivity index is 1.67. The zero-order valence-electron chi connectivity index (χ0n) is 22.5. The number of esters is 1. The molecule has 3 aromatic rings. The maximum absolute atomic E-state index is 13.9. The van der Waals surface area contributed by atoms with Crippen molar-refractivity contribution >= 4 is 41.0 Å². The van der Waals surface area contributed by atoms with E-state index in [1.54, 1.807) is 48.5 Å². The highest BCUT2D eigenvalue weighted by Gasteiger charge is 2.37. The minimum Gasteiger partial charge on any atom is -0.508 e. The normalized spacial score (nSPS) is 15.2. The van der Waals surface area contributed by atoms with E-state index in [0.717, 1.165) is 0 Å². The number of methoxy groups -OCH3 is 1. The first-order chi connectivity index (χ1) is 19.6. The number of anilines is 2. The lowest BCUT2D eigenvalue weighted by Crippen LogP contribution is -2.51. The lowest BCUT2D eigenvalue weighted by atomic mass is 10.0. The number of benzene rings is 3. The monoisotopic (exact) mass is 558 g/mol. The van der Waals surface area contributed by atoms with Crippen LogP contribution in [0.1, 0.15) is 40.9 Å². The number of hydrogen-bond donors (Lipinski definition) is 4. The standard InChI is InChI=1S/C30H30N4O7/c1-18(35)31-21-10-13-24-23(15-21)30(40)34(26(29(39)33-24)14-19-8-11-22(36)12-9-19)17-27(37)32-25(16-28(38)41-2)20-6-4-3-5-7-20/h3-13,15,25-26,36H,14,16-17H2,1-2H3,(H,31,35)(H,32,37)(H,33,39)/t25-,26+/m1/s1. The van der Waals surface area contributed by atoms with Crippen molar-refractivity contribution < 1.29 is 33.8 Å². The Bertz CT molecular complexity index is 1460. The van der Waals surface area contributed by atoms with E-state index in [1.165, 1.54) is 43.2 Å². The summed E-state index contributed by atoms with van der Waals surface area (Å²) in [5.41, 5.74) is 2.00. The number of amides is 4. The van der Waals surface area contributed by atoms with Gasteiger partial charge in [-0.05, 0) is 41.5 Å². The van der Waals surface area contributed by atoms with Gasteiger partial charge in [0.1, 0.15) is 18.3 Å². The third kappa shape index (κ3) is 7.27. The van der Waals surface area contributed by atoms with Crippen molar-refractivity contribution in [3.63, 3.8) is 0 Å². The second-order valence-electron chi connectivity index (χ2n) is 9.56. The summed E-state index contributed by atoms with van der Waals surface area (Å²) < 4.78 is 4.80. The molecular formula is C30H30N4O7. The molecule has 11 nitrogen and oxygen atoms in total. The fraction of sp³-hybridized carbons (Fsp3) is 0.233. The molecule has 1 aliphatic heterocycles. The number of phenols is 1. The molecular weight excluding hydrogens is 528 g/mol. The molecule has 4 amide bonds. The molecule has 4 N–H and O–H groups in total. The van der Waals surface area contributed by atoms with Crippen LogP contribution in [0.5, 0.6) is 5.75 Å². The van der Waals surface area contributed by atoms with Crippen LogP contribution >= 0.6 is 0 Å². The minimum atomic E-state index is -1.09. The van der Waals surface area contributed by atoms with Gasteiger partial charge in [0.25, 0.3) is 5.91 Å². The first kappa shape index (κ1) is 28.8. The summed E-state index contributed by atoms with van der Waals surface area (Å²) in [5.74, 6) is -2.54. The summed E-state index contributed by atoms with van der Waals surface area (Å²) in [6.45, 7) is 0.834.